The predicted molar refractivity (Wildman–Crippen MR) is 65.1 cm³/mol. The van der Waals surface area contributed by atoms with Crippen LogP contribution in [-0.4, -0.2) is 28.6 Å². The lowest BCUT2D eigenvalue weighted by molar-refractivity contribution is 0.0891. The van der Waals surface area contributed by atoms with E-state index < -0.39 is 0 Å². The molecule has 0 radical (unpaired) electrons. The molecular weight excluding hydrogens is 272 g/mol. The molecule has 16 heavy (non-hydrogen) atoms. The average Bonchev–Trinajstić information content (AvgIpc) is 2.25. The molecule has 0 aromatic carbocycles. The number of hydrogen-bond acceptors (Lipinski definition) is 3. The first kappa shape index (κ1) is 13.1. The summed E-state index contributed by atoms with van der Waals surface area (Å²) in [5, 5.41) is 11.8. The zero-order valence-corrected chi connectivity index (χ0v) is 10.9. The Morgan fingerprint density at radius 3 is 2.75 bits per heavy atom. The van der Waals surface area contributed by atoms with Crippen molar-refractivity contribution in [3.63, 3.8) is 0 Å². The largest absolute Gasteiger partial charge is 0.394 e. The van der Waals surface area contributed by atoms with E-state index in [-0.39, 0.29) is 24.5 Å². The van der Waals surface area contributed by atoms with Crippen molar-refractivity contribution in [2.24, 2.45) is 5.92 Å². The molecule has 0 bridgehead atoms. The van der Waals surface area contributed by atoms with Crippen molar-refractivity contribution in [3.05, 3.63) is 28.5 Å². The maximum Gasteiger partial charge on any atom is 0.270 e. The highest BCUT2D eigenvalue weighted by Gasteiger charge is 2.16. The van der Waals surface area contributed by atoms with Crippen molar-refractivity contribution in [2.75, 3.05) is 6.61 Å². The minimum absolute atomic E-state index is 0.0720. The van der Waals surface area contributed by atoms with Crippen LogP contribution in [0.1, 0.15) is 24.3 Å². The van der Waals surface area contributed by atoms with Gasteiger partial charge in [-0.25, -0.2) is 4.98 Å². The summed E-state index contributed by atoms with van der Waals surface area (Å²) >= 11 is 3.20. The molecule has 88 valence electrons. The van der Waals surface area contributed by atoms with Crippen molar-refractivity contribution in [3.8, 4) is 0 Å². The van der Waals surface area contributed by atoms with Gasteiger partial charge in [0, 0.05) is 0 Å². The van der Waals surface area contributed by atoms with Crippen molar-refractivity contribution in [1.29, 1.82) is 0 Å². The number of aromatic nitrogens is 1. The van der Waals surface area contributed by atoms with Crippen LogP contribution in [-0.2, 0) is 0 Å². The predicted octanol–water partition coefficient (Wildman–Crippen LogP) is 1.59. The summed E-state index contributed by atoms with van der Waals surface area (Å²) in [6, 6.07) is 4.89. The van der Waals surface area contributed by atoms with Gasteiger partial charge in [-0.2, -0.15) is 0 Å². The number of carbonyl (C=O) groups excluding carboxylic acids is 1. The van der Waals surface area contributed by atoms with Gasteiger partial charge >= 0.3 is 0 Å². The summed E-state index contributed by atoms with van der Waals surface area (Å²) in [4.78, 5) is 15.8. The Morgan fingerprint density at radius 2 is 2.25 bits per heavy atom. The van der Waals surface area contributed by atoms with Crippen LogP contribution < -0.4 is 5.32 Å². The lowest BCUT2D eigenvalue weighted by Crippen LogP contribution is -2.41. The third-order valence-corrected chi connectivity index (χ3v) is 2.71. The summed E-state index contributed by atoms with van der Waals surface area (Å²) in [6.07, 6.45) is 0. The van der Waals surface area contributed by atoms with Gasteiger partial charge in [-0.15, -0.1) is 0 Å². The molecule has 0 fully saturated rings. The van der Waals surface area contributed by atoms with Crippen LogP contribution in [0.3, 0.4) is 0 Å². The molecule has 0 saturated heterocycles. The number of aliphatic hydroxyl groups excluding tert-OH is 1. The summed E-state index contributed by atoms with van der Waals surface area (Å²) in [7, 11) is 0. The zero-order valence-electron chi connectivity index (χ0n) is 9.27. The van der Waals surface area contributed by atoms with Crippen molar-refractivity contribution < 1.29 is 9.90 Å². The highest BCUT2D eigenvalue weighted by Crippen LogP contribution is 2.07. The van der Waals surface area contributed by atoms with Crippen LogP contribution in [0.4, 0.5) is 0 Å². The Balaban J connectivity index is 2.72. The van der Waals surface area contributed by atoms with E-state index in [0.717, 1.165) is 0 Å². The van der Waals surface area contributed by atoms with Gasteiger partial charge in [0.25, 0.3) is 5.91 Å². The van der Waals surface area contributed by atoms with E-state index in [0.29, 0.717) is 10.3 Å². The number of carbonyl (C=O) groups is 1. The van der Waals surface area contributed by atoms with E-state index >= 15 is 0 Å². The monoisotopic (exact) mass is 286 g/mol. The molecule has 1 heterocycles. The number of nitrogens with zero attached hydrogens (tertiary/aromatic N) is 1. The molecule has 5 heteroatoms. The standard InChI is InChI=1S/C11H15BrN2O2/c1-7(2)9(6-15)14-11(16)8-4-3-5-10(12)13-8/h3-5,7,9,15H,6H2,1-2H3,(H,14,16)/t9-/m1/s1. The number of nitrogens with one attached hydrogen (secondary N) is 1. The van der Waals surface area contributed by atoms with Crippen molar-refractivity contribution in [2.45, 2.75) is 19.9 Å². The minimum Gasteiger partial charge on any atom is -0.394 e. The Labute approximate surface area is 103 Å². The molecule has 1 aromatic rings. The Kier molecular flexibility index (Phi) is 4.89. The van der Waals surface area contributed by atoms with Crippen LogP contribution in [0, 0.1) is 5.92 Å². The summed E-state index contributed by atoms with van der Waals surface area (Å²) in [6.45, 7) is 3.81. The van der Waals surface area contributed by atoms with Crippen LogP contribution in [0.15, 0.2) is 22.8 Å². The molecule has 1 rings (SSSR count). The molecule has 0 aliphatic rings. The third-order valence-electron chi connectivity index (χ3n) is 2.27. The number of halogens is 1. The molecule has 2 N–H and O–H groups in total. The quantitative estimate of drug-likeness (QED) is 0.827. The first-order chi connectivity index (χ1) is 7.54. The second-order valence-corrected chi connectivity index (χ2v) is 4.66. The number of pyridine rings is 1. The van der Waals surface area contributed by atoms with E-state index in [1.165, 1.54) is 0 Å². The second kappa shape index (κ2) is 5.96. The highest BCUT2D eigenvalue weighted by atomic mass is 79.9. The first-order valence-corrected chi connectivity index (χ1v) is 5.88. The van der Waals surface area contributed by atoms with Gasteiger partial charge < -0.3 is 10.4 Å². The van der Waals surface area contributed by atoms with Crippen LogP contribution in [0.2, 0.25) is 0 Å². The number of hydrogen-bond donors (Lipinski definition) is 2. The Morgan fingerprint density at radius 1 is 1.56 bits per heavy atom. The molecule has 0 saturated carbocycles. The van der Waals surface area contributed by atoms with Gasteiger partial charge in [0.2, 0.25) is 0 Å². The fourth-order valence-corrected chi connectivity index (χ4v) is 1.54. The fraction of sp³-hybridized carbons (Fsp3) is 0.455. The van der Waals surface area contributed by atoms with Gasteiger partial charge in [-0.1, -0.05) is 19.9 Å². The fourth-order valence-electron chi connectivity index (χ4n) is 1.20. The van der Waals surface area contributed by atoms with E-state index in [9.17, 15) is 4.79 Å². The molecule has 1 amide bonds. The van der Waals surface area contributed by atoms with Crippen LogP contribution in [0.25, 0.3) is 0 Å². The highest BCUT2D eigenvalue weighted by molar-refractivity contribution is 9.10. The van der Waals surface area contributed by atoms with E-state index in [1.807, 2.05) is 13.8 Å². The lowest BCUT2D eigenvalue weighted by atomic mass is 10.1. The van der Waals surface area contributed by atoms with Crippen molar-refractivity contribution in [1.82, 2.24) is 10.3 Å². The summed E-state index contributed by atoms with van der Waals surface area (Å²) in [5.41, 5.74) is 0.341. The molecule has 0 spiro atoms. The van der Waals surface area contributed by atoms with Crippen LogP contribution >= 0.6 is 15.9 Å². The molecule has 0 unspecified atom stereocenters. The van der Waals surface area contributed by atoms with Gasteiger partial charge in [0.05, 0.1) is 12.6 Å². The summed E-state index contributed by atoms with van der Waals surface area (Å²) < 4.78 is 0.616. The van der Waals surface area contributed by atoms with Gasteiger partial charge in [-0.3, -0.25) is 4.79 Å². The summed E-state index contributed by atoms with van der Waals surface area (Å²) in [5.74, 6) is -0.0878. The Bertz CT molecular complexity index is 369. The number of rotatable bonds is 4. The second-order valence-electron chi connectivity index (χ2n) is 3.85. The average molecular weight is 287 g/mol. The molecule has 1 aromatic heterocycles. The van der Waals surface area contributed by atoms with E-state index in [1.54, 1.807) is 18.2 Å². The first-order valence-electron chi connectivity index (χ1n) is 5.09. The van der Waals surface area contributed by atoms with E-state index in [2.05, 4.69) is 26.2 Å². The SMILES string of the molecule is CC(C)[C@@H](CO)NC(=O)c1cccc(Br)n1. The topological polar surface area (TPSA) is 62.2 Å². The maximum absolute atomic E-state index is 11.8. The maximum atomic E-state index is 11.8. The smallest absolute Gasteiger partial charge is 0.270 e. The van der Waals surface area contributed by atoms with Gasteiger partial charge in [0.1, 0.15) is 10.3 Å². The molecule has 1 atom stereocenters. The minimum atomic E-state index is -0.269. The molecule has 0 aliphatic heterocycles. The number of aliphatic hydroxyl groups is 1. The zero-order chi connectivity index (χ0) is 12.1. The third kappa shape index (κ3) is 3.57. The van der Waals surface area contributed by atoms with E-state index in [4.69, 9.17) is 5.11 Å². The molecular formula is C11H15BrN2O2. The van der Waals surface area contributed by atoms with Crippen LogP contribution in [0.5, 0.6) is 0 Å². The number of amides is 1. The molecule has 4 nitrogen and oxygen atoms in total. The van der Waals surface area contributed by atoms with Crippen molar-refractivity contribution >= 4 is 21.8 Å². The molecule has 0 aliphatic carbocycles. The Hall–Kier alpha value is -0.940. The van der Waals surface area contributed by atoms with Gasteiger partial charge in [-0.05, 0) is 34.0 Å². The lowest BCUT2D eigenvalue weighted by Gasteiger charge is -2.19. The normalized spacial score (nSPS) is 12.6. The van der Waals surface area contributed by atoms with Gasteiger partial charge in [0.15, 0.2) is 0 Å².